The van der Waals surface area contributed by atoms with Gasteiger partial charge in [-0.1, -0.05) is 22.3 Å². The van der Waals surface area contributed by atoms with E-state index in [1.54, 1.807) is 0 Å². The lowest BCUT2D eigenvalue weighted by Crippen LogP contribution is -2.40. The van der Waals surface area contributed by atoms with Gasteiger partial charge in [0.25, 0.3) is 0 Å². The zero-order chi connectivity index (χ0) is 47.1. The van der Waals surface area contributed by atoms with Crippen molar-refractivity contribution in [1.82, 2.24) is 13.7 Å². The molecule has 3 N–H and O–H groups in total. The fraction of sp³-hybridized carbons (Fsp3) is 0.438. The minimum Gasteiger partial charge on any atom is -0.380 e. The van der Waals surface area contributed by atoms with Crippen LogP contribution < -0.4 is 29.7 Å². The third-order valence-electron chi connectivity index (χ3n) is 11.1. The van der Waals surface area contributed by atoms with Gasteiger partial charge in [0, 0.05) is 55.9 Å². The van der Waals surface area contributed by atoms with E-state index in [0.29, 0.717) is 39.6 Å². The second-order valence-electron chi connectivity index (χ2n) is 17.2. The van der Waals surface area contributed by atoms with Gasteiger partial charge < -0.3 is 30.2 Å². The van der Waals surface area contributed by atoms with Crippen molar-refractivity contribution >= 4 is 52.0 Å². The molecule has 18 nitrogen and oxygen atoms in total. The maximum atomic E-state index is 6.46. The van der Waals surface area contributed by atoms with E-state index >= 15 is 0 Å². The summed E-state index contributed by atoms with van der Waals surface area (Å²) in [5, 5.41) is 37.1. The molecule has 6 aromatic rings. The summed E-state index contributed by atoms with van der Waals surface area (Å²) in [5.41, 5.74) is 4.88. The van der Waals surface area contributed by atoms with Crippen LogP contribution in [0.4, 0.5) is 52.0 Å². The molecule has 0 aliphatic rings. The maximum absolute atomic E-state index is 6.46. The van der Waals surface area contributed by atoms with E-state index in [9.17, 15) is 0 Å². The highest BCUT2D eigenvalue weighted by atomic mass is 16.5. The molecule has 0 bridgehead atoms. The van der Waals surface area contributed by atoms with E-state index in [2.05, 4.69) is 74.3 Å². The van der Waals surface area contributed by atoms with Crippen LogP contribution >= 0.6 is 0 Å². The highest BCUT2D eigenvalue weighted by Gasteiger charge is 2.31. The molecule has 350 valence electrons. The first-order valence-electron chi connectivity index (χ1n) is 22.4. The highest BCUT2D eigenvalue weighted by molar-refractivity contribution is 5.53. The Hall–Kier alpha value is -6.63. The van der Waals surface area contributed by atoms with Gasteiger partial charge in [0.05, 0.1) is 119 Å². The number of nitrogens with zero attached hydrogens (tertiary/aromatic N) is 12. The van der Waals surface area contributed by atoms with Gasteiger partial charge in [0.15, 0.2) is 0 Å². The Bertz CT molecular complexity index is 2180. The molecule has 6 rings (SSSR count). The summed E-state index contributed by atoms with van der Waals surface area (Å²) in [6, 6.07) is 23.9. The molecular formula is C48H68N15O3+3. The Kier molecular flexibility index (Phi) is 17.4. The fourth-order valence-electron chi connectivity index (χ4n) is 7.12. The molecule has 0 saturated carbocycles. The van der Waals surface area contributed by atoms with E-state index in [1.807, 2.05) is 180 Å². The normalized spacial score (nSPS) is 14.3. The Morgan fingerprint density at radius 1 is 0.470 bits per heavy atom. The molecule has 18 heteroatoms. The standard InChI is InChI=1S/C48H65N15O3/c1-11-48(33-64-30-36(2)49-39-12-18-42(19-13-39)52-55-45-58(5)24-25-59(45)6,34-65-31-37(3)50-40-14-20-43(21-15-40)53-56-46-60(7)26-27-61(46)8)35-66-32-38(4)51-41-16-22-44(23-17-41)54-57-47-62(9)28-29-63(47)10/h12-29,36-38H,11,30-35H2,1-10H3/p+3. The number of benzene rings is 3. The average Bonchev–Trinajstić information content (AvgIpc) is 3.93. The highest BCUT2D eigenvalue weighted by Crippen LogP contribution is 2.27. The monoisotopic (exact) mass is 903 g/mol. The van der Waals surface area contributed by atoms with E-state index in [4.69, 9.17) is 14.2 Å². The van der Waals surface area contributed by atoms with Crippen molar-refractivity contribution in [3.8, 4) is 0 Å². The maximum Gasteiger partial charge on any atom is 0.421 e. The quantitative estimate of drug-likeness (QED) is 0.0385. The lowest BCUT2D eigenvalue weighted by atomic mass is 9.88. The van der Waals surface area contributed by atoms with E-state index in [-0.39, 0.29) is 23.5 Å². The molecule has 3 atom stereocenters. The van der Waals surface area contributed by atoms with Crippen LogP contribution in [0.25, 0.3) is 0 Å². The second kappa shape index (κ2) is 23.5. The molecule has 0 aliphatic carbocycles. The van der Waals surface area contributed by atoms with Crippen LogP contribution in [0.1, 0.15) is 34.1 Å². The Balaban J connectivity index is 1.01. The van der Waals surface area contributed by atoms with Crippen molar-refractivity contribution in [2.75, 3.05) is 55.6 Å². The largest absolute Gasteiger partial charge is 0.421 e. The summed E-state index contributed by atoms with van der Waals surface area (Å²) >= 11 is 0. The number of aromatic nitrogens is 6. The number of anilines is 3. The predicted molar refractivity (Wildman–Crippen MR) is 256 cm³/mol. The van der Waals surface area contributed by atoms with Crippen LogP contribution in [0.3, 0.4) is 0 Å². The lowest BCUT2D eigenvalue weighted by molar-refractivity contribution is -0.657. The van der Waals surface area contributed by atoms with Crippen LogP contribution in [0, 0.1) is 5.41 Å². The lowest BCUT2D eigenvalue weighted by Gasteiger charge is -2.33. The summed E-state index contributed by atoms with van der Waals surface area (Å²) in [4.78, 5) is 0. The zero-order valence-corrected chi connectivity index (χ0v) is 40.2. The van der Waals surface area contributed by atoms with Crippen molar-refractivity contribution in [1.29, 1.82) is 0 Å². The number of rotatable bonds is 25. The first-order chi connectivity index (χ1) is 31.8. The number of aryl methyl sites for hydroxylation is 6. The van der Waals surface area contributed by atoms with Gasteiger partial charge in [-0.05, 0) is 100.0 Å². The van der Waals surface area contributed by atoms with E-state index < -0.39 is 0 Å². The Morgan fingerprint density at radius 3 is 0.970 bits per heavy atom. The topological polar surface area (TPSA) is 164 Å². The number of hydrogen-bond acceptors (Lipinski definition) is 12. The van der Waals surface area contributed by atoms with Crippen LogP contribution in [0.2, 0.25) is 0 Å². The smallest absolute Gasteiger partial charge is 0.380 e. The molecule has 3 aromatic carbocycles. The summed E-state index contributed by atoms with van der Waals surface area (Å²) in [6.45, 7) is 11.4. The SMILES string of the molecule is CCC(COCC(C)Nc1ccc(/N=N/c2n(C)cc[n+]2C)cc1)(COCC(C)Nc1ccc(/N=N/c2n(C)cc[n+]2C)cc1)COCC(C)Nc1ccc(/N=N/c2n(C)cc[n+]2C)cc1. The molecule has 0 radical (unpaired) electrons. The average molecular weight is 903 g/mol. The van der Waals surface area contributed by atoms with Gasteiger partial charge in [0.2, 0.25) is 0 Å². The van der Waals surface area contributed by atoms with E-state index in [0.717, 1.165) is 58.4 Å². The molecule has 0 fully saturated rings. The molecule has 66 heavy (non-hydrogen) atoms. The number of ether oxygens (including phenoxy) is 3. The summed E-state index contributed by atoms with van der Waals surface area (Å²) < 4.78 is 30.9. The van der Waals surface area contributed by atoms with Crippen LogP contribution in [0.15, 0.2) is 141 Å². The van der Waals surface area contributed by atoms with Crippen molar-refractivity contribution in [2.45, 2.75) is 52.2 Å². The van der Waals surface area contributed by atoms with Gasteiger partial charge >= 0.3 is 17.8 Å². The van der Waals surface area contributed by atoms with Crippen molar-refractivity contribution in [3.05, 3.63) is 110 Å². The number of hydrogen-bond donors (Lipinski definition) is 3. The number of imidazole rings is 3. The van der Waals surface area contributed by atoms with Crippen molar-refractivity contribution in [3.63, 3.8) is 0 Å². The summed E-state index contributed by atoms with van der Waals surface area (Å²) in [5.74, 6) is 2.29. The van der Waals surface area contributed by atoms with Gasteiger partial charge in [0.1, 0.15) is 17.1 Å². The van der Waals surface area contributed by atoms with Crippen molar-refractivity contribution < 1.29 is 27.9 Å². The summed E-state index contributed by atoms with van der Waals surface area (Å²) in [7, 11) is 11.7. The molecule has 0 saturated heterocycles. The Morgan fingerprint density at radius 2 is 0.742 bits per heavy atom. The minimum absolute atomic E-state index is 0.0488. The molecule has 0 aliphatic heterocycles. The first-order valence-corrected chi connectivity index (χ1v) is 22.4. The second-order valence-corrected chi connectivity index (χ2v) is 17.2. The third kappa shape index (κ3) is 14.2. The predicted octanol–water partition coefficient (Wildman–Crippen LogP) is 8.67. The molecule has 0 spiro atoms. The van der Waals surface area contributed by atoms with Crippen molar-refractivity contribution in [2.24, 2.45) is 78.4 Å². The summed E-state index contributed by atoms with van der Waals surface area (Å²) in [6.07, 6.45) is 12.5. The van der Waals surface area contributed by atoms with Crippen LogP contribution in [-0.2, 0) is 56.5 Å². The van der Waals surface area contributed by atoms with Crippen LogP contribution in [0.5, 0.6) is 0 Å². The fourth-order valence-corrected chi connectivity index (χ4v) is 7.12. The van der Waals surface area contributed by atoms with Gasteiger partial charge in [-0.15, -0.1) is 0 Å². The molecule has 0 amide bonds. The number of nitrogens with one attached hydrogen (secondary N) is 3. The Labute approximate surface area is 388 Å². The number of azo groups is 3. The molecule has 3 aromatic heterocycles. The van der Waals surface area contributed by atoms with Crippen LogP contribution in [-0.4, -0.2) is 71.5 Å². The zero-order valence-electron chi connectivity index (χ0n) is 40.2. The first kappa shape index (κ1) is 48.8. The van der Waals surface area contributed by atoms with Gasteiger partial charge in [-0.2, -0.15) is 0 Å². The van der Waals surface area contributed by atoms with E-state index in [1.165, 1.54) is 0 Å². The minimum atomic E-state index is -0.371. The van der Waals surface area contributed by atoms with Gasteiger partial charge in [-0.3, -0.25) is 0 Å². The molecule has 3 unspecified atom stereocenters. The van der Waals surface area contributed by atoms with Gasteiger partial charge in [-0.25, -0.2) is 27.4 Å². The molecule has 3 heterocycles. The third-order valence-corrected chi connectivity index (χ3v) is 11.1. The molecular weight excluding hydrogens is 835 g/mol.